The minimum atomic E-state index is -0.459. The van der Waals surface area contributed by atoms with Crippen LogP contribution in [0.4, 0.5) is 5.69 Å². The Kier molecular flexibility index (Phi) is 4.09. The van der Waals surface area contributed by atoms with Crippen molar-refractivity contribution in [3.63, 3.8) is 0 Å². The topological polar surface area (TPSA) is 67.6 Å². The van der Waals surface area contributed by atoms with Crippen LogP contribution in [0.15, 0.2) is 53.0 Å². The fraction of sp³-hybridized carbons (Fsp3) is 0.286. The van der Waals surface area contributed by atoms with Gasteiger partial charge in [-0.15, -0.1) is 0 Å². The lowest BCUT2D eigenvalue weighted by Crippen LogP contribution is -2.44. The van der Waals surface area contributed by atoms with Gasteiger partial charge in [-0.3, -0.25) is 9.59 Å². The standard InChI is InChI=1S/C21H17BrN4O2/c22-15-6-4-14(5-7-15)18-17-19(25-11-1-10-24(18)25)21(28)26(20(17)27)16-8-2-13(12-23)3-9-16/h2-9,17-19H,1,10-11H2. The Morgan fingerprint density at radius 3 is 2.18 bits per heavy atom. The smallest absolute Gasteiger partial charge is 0.253 e. The van der Waals surface area contributed by atoms with Crippen LogP contribution in [0.1, 0.15) is 23.6 Å². The molecule has 2 amide bonds. The van der Waals surface area contributed by atoms with E-state index in [4.69, 9.17) is 5.26 Å². The Labute approximate surface area is 171 Å². The molecule has 0 spiro atoms. The first-order valence-electron chi connectivity index (χ1n) is 9.27. The molecule has 3 aliphatic heterocycles. The van der Waals surface area contributed by atoms with E-state index in [1.807, 2.05) is 24.3 Å². The first-order valence-corrected chi connectivity index (χ1v) is 10.1. The van der Waals surface area contributed by atoms with Crippen molar-refractivity contribution in [1.29, 1.82) is 5.26 Å². The van der Waals surface area contributed by atoms with Crippen LogP contribution in [0.2, 0.25) is 0 Å². The molecule has 7 heteroatoms. The average Bonchev–Trinajstić information content (AvgIpc) is 3.35. The third-order valence-electron chi connectivity index (χ3n) is 5.87. The van der Waals surface area contributed by atoms with Gasteiger partial charge in [-0.05, 0) is 48.4 Å². The van der Waals surface area contributed by atoms with Gasteiger partial charge in [0.1, 0.15) is 6.04 Å². The molecule has 3 fully saturated rings. The van der Waals surface area contributed by atoms with Crippen molar-refractivity contribution in [1.82, 2.24) is 10.0 Å². The van der Waals surface area contributed by atoms with Crippen molar-refractivity contribution in [2.75, 3.05) is 18.0 Å². The van der Waals surface area contributed by atoms with E-state index < -0.39 is 12.0 Å². The van der Waals surface area contributed by atoms with Crippen LogP contribution in [0.3, 0.4) is 0 Å². The lowest BCUT2D eigenvalue weighted by atomic mass is 9.90. The summed E-state index contributed by atoms with van der Waals surface area (Å²) >= 11 is 3.46. The van der Waals surface area contributed by atoms with Crippen LogP contribution >= 0.6 is 15.9 Å². The molecule has 0 aromatic heterocycles. The molecule has 3 heterocycles. The van der Waals surface area contributed by atoms with Crippen molar-refractivity contribution in [3.05, 3.63) is 64.1 Å². The van der Waals surface area contributed by atoms with Gasteiger partial charge in [0.15, 0.2) is 0 Å². The van der Waals surface area contributed by atoms with Crippen LogP contribution in [-0.4, -0.2) is 41.0 Å². The summed E-state index contributed by atoms with van der Waals surface area (Å²) in [4.78, 5) is 28.0. The van der Waals surface area contributed by atoms with E-state index in [9.17, 15) is 9.59 Å². The first-order chi connectivity index (χ1) is 13.6. The van der Waals surface area contributed by atoms with Crippen LogP contribution in [-0.2, 0) is 9.59 Å². The Morgan fingerprint density at radius 1 is 0.893 bits per heavy atom. The first kappa shape index (κ1) is 17.6. The molecule has 6 nitrogen and oxygen atoms in total. The number of hydrazine groups is 1. The number of amides is 2. The lowest BCUT2D eigenvalue weighted by molar-refractivity contribution is -0.126. The van der Waals surface area contributed by atoms with Crippen LogP contribution in [0, 0.1) is 17.2 Å². The van der Waals surface area contributed by atoms with Crippen LogP contribution in [0.25, 0.3) is 0 Å². The van der Waals surface area contributed by atoms with Gasteiger partial charge in [0.2, 0.25) is 5.91 Å². The van der Waals surface area contributed by atoms with Crippen LogP contribution < -0.4 is 4.90 Å². The summed E-state index contributed by atoms with van der Waals surface area (Å²) in [5.41, 5.74) is 2.08. The van der Waals surface area contributed by atoms with Crippen LogP contribution in [0.5, 0.6) is 0 Å². The van der Waals surface area contributed by atoms with Crippen molar-refractivity contribution < 1.29 is 9.59 Å². The molecule has 0 N–H and O–H groups in total. The second-order valence-electron chi connectivity index (χ2n) is 7.32. The number of benzene rings is 2. The number of anilines is 1. The number of hydrogen-bond donors (Lipinski definition) is 0. The zero-order valence-electron chi connectivity index (χ0n) is 15.0. The van der Waals surface area contributed by atoms with E-state index in [0.717, 1.165) is 29.5 Å². The molecule has 3 atom stereocenters. The minimum absolute atomic E-state index is 0.138. The maximum absolute atomic E-state index is 13.4. The predicted molar refractivity (Wildman–Crippen MR) is 106 cm³/mol. The fourth-order valence-electron chi connectivity index (χ4n) is 4.71. The summed E-state index contributed by atoms with van der Waals surface area (Å²) in [7, 11) is 0. The van der Waals surface area contributed by atoms with Gasteiger partial charge in [-0.2, -0.15) is 5.26 Å². The fourth-order valence-corrected chi connectivity index (χ4v) is 4.98. The maximum atomic E-state index is 13.4. The Hall–Kier alpha value is -2.53. The Balaban J connectivity index is 1.56. The number of carbonyl (C=O) groups is 2. The molecule has 0 radical (unpaired) electrons. The Morgan fingerprint density at radius 2 is 1.54 bits per heavy atom. The summed E-state index contributed by atoms with van der Waals surface area (Å²) < 4.78 is 0.983. The Bertz CT molecular complexity index is 999. The SMILES string of the molecule is N#Cc1ccc(N2C(=O)C3C(C2=O)N2CCCN2C3c2ccc(Br)cc2)cc1. The number of fused-ring (bicyclic) bond motifs is 3. The van der Waals surface area contributed by atoms with E-state index in [2.05, 4.69) is 32.0 Å². The molecule has 3 saturated heterocycles. The molecule has 0 saturated carbocycles. The summed E-state index contributed by atoms with van der Waals surface area (Å²) in [5, 5.41) is 13.3. The van der Waals surface area contributed by atoms with Gasteiger partial charge < -0.3 is 0 Å². The predicted octanol–water partition coefficient (Wildman–Crippen LogP) is 2.86. The normalized spacial score (nSPS) is 27.1. The highest BCUT2D eigenvalue weighted by Gasteiger charge is 2.62. The van der Waals surface area contributed by atoms with Crippen molar-refractivity contribution in [2.45, 2.75) is 18.5 Å². The number of nitrogens with zero attached hydrogens (tertiary/aromatic N) is 4. The number of carbonyl (C=O) groups excluding carboxylic acids is 2. The highest BCUT2D eigenvalue weighted by molar-refractivity contribution is 9.10. The number of hydrogen-bond acceptors (Lipinski definition) is 5. The summed E-state index contributed by atoms with van der Waals surface area (Å²) in [5.74, 6) is -0.766. The van der Waals surface area contributed by atoms with Gasteiger partial charge in [-0.25, -0.2) is 14.9 Å². The summed E-state index contributed by atoms with van der Waals surface area (Å²) in [6, 6.07) is 16.1. The molecular weight excluding hydrogens is 420 g/mol. The van der Waals surface area contributed by atoms with E-state index in [1.54, 1.807) is 24.3 Å². The second kappa shape index (κ2) is 6.52. The van der Waals surface area contributed by atoms with Gasteiger partial charge in [-0.1, -0.05) is 28.1 Å². The van der Waals surface area contributed by atoms with Crippen molar-refractivity contribution >= 4 is 33.4 Å². The van der Waals surface area contributed by atoms with E-state index in [0.29, 0.717) is 11.3 Å². The van der Waals surface area contributed by atoms with Crippen molar-refractivity contribution in [2.24, 2.45) is 5.92 Å². The summed E-state index contributed by atoms with van der Waals surface area (Å²) in [6.07, 6.45) is 0.981. The van der Waals surface area contributed by atoms with Gasteiger partial charge >= 0.3 is 0 Å². The maximum Gasteiger partial charge on any atom is 0.253 e. The largest absolute Gasteiger partial charge is 0.274 e. The number of nitriles is 1. The van der Waals surface area contributed by atoms with E-state index >= 15 is 0 Å². The molecule has 2 aromatic carbocycles. The molecular formula is C21H17BrN4O2. The number of imide groups is 1. The number of rotatable bonds is 2. The number of halogens is 1. The monoisotopic (exact) mass is 436 g/mol. The molecule has 5 rings (SSSR count). The molecule has 0 aliphatic carbocycles. The van der Waals surface area contributed by atoms with Gasteiger partial charge in [0.05, 0.1) is 29.3 Å². The molecule has 3 unspecified atom stereocenters. The molecule has 0 bridgehead atoms. The summed E-state index contributed by atoms with van der Waals surface area (Å²) in [6.45, 7) is 1.64. The highest BCUT2D eigenvalue weighted by Crippen LogP contribution is 2.48. The lowest BCUT2D eigenvalue weighted by Gasteiger charge is -2.29. The van der Waals surface area contributed by atoms with E-state index in [1.165, 1.54) is 4.90 Å². The average molecular weight is 437 g/mol. The van der Waals surface area contributed by atoms with E-state index in [-0.39, 0.29) is 17.9 Å². The van der Waals surface area contributed by atoms with Gasteiger partial charge in [0, 0.05) is 17.6 Å². The molecule has 2 aromatic rings. The highest BCUT2D eigenvalue weighted by atomic mass is 79.9. The molecule has 28 heavy (non-hydrogen) atoms. The third-order valence-corrected chi connectivity index (χ3v) is 6.40. The second-order valence-corrected chi connectivity index (χ2v) is 8.23. The van der Waals surface area contributed by atoms with Gasteiger partial charge in [0.25, 0.3) is 5.91 Å². The quantitative estimate of drug-likeness (QED) is 0.677. The minimum Gasteiger partial charge on any atom is -0.274 e. The molecule has 140 valence electrons. The third kappa shape index (κ3) is 2.46. The zero-order valence-corrected chi connectivity index (χ0v) is 16.5. The van der Waals surface area contributed by atoms with Crippen molar-refractivity contribution in [3.8, 4) is 6.07 Å². The molecule has 3 aliphatic rings. The zero-order chi connectivity index (χ0) is 19.4.